The molecule has 0 aromatic heterocycles. The van der Waals surface area contributed by atoms with Crippen molar-refractivity contribution in [1.29, 1.82) is 0 Å². The normalized spacial score (nSPS) is 41.4. The van der Waals surface area contributed by atoms with Gasteiger partial charge in [0.15, 0.2) is 0 Å². The maximum Gasteiger partial charge on any atom is 0.0731 e. The molecule has 0 unspecified atom stereocenters. The molecule has 3 heterocycles. The molecule has 0 radical (unpaired) electrons. The lowest BCUT2D eigenvalue weighted by Gasteiger charge is -2.35. The van der Waals surface area contributed by atoms with E-state index in [1.54, 1.807) is 0 Å². The van der Waals surface area contributed by atoms with Crippen molar-refractivity contribution in [1.82, 2.24) is 15.5 Å². The van der Waals surface area contributed by atoms with E-state index in [9.17, 15) is 0 Å². The summed E-state index contributed by atoms with van der Waals surface area (Å²) in [4.78, 5) is 2.70. The molecule has 0 spiro atoms. The molecule has 3 saturated heterocycles. The highest BCUT2D eigenvalue weighted by Crippen LogP contribution is 2.37. The van der Waals surface area contributed by atoms with E-state index in [2.05, 4.69) is 15.5 Å². The summed E-state index contributed by atoms with van der Waals surface area (Å²) in [6.45, 7) is 5.79. The molecule has 0 aromatic rings. The zero-order valence-corrected chi connectivity index (χ0v) is 11.8. The Morgan fingerprint density at radius 3 is 2.63 bits per heavy atom. The van der Waals surface area contributed by atoms with Gasteiger partial charge in [-0.15, -0.1) is 0 Å². The second kappa shape index (κ2) is 5.32. The van der Waals surface area contributed by atoms with Crippen molar-refractivity contribution in [2.24, 2.45) is 5.92 Å². The third-order valence-corrected chi connectivity index (χ3v) is 5.40. The first-order valence-electron chi connectivity index (χ1n) is 8.21. The van der Waals surface area contributed by atoms with Crippen molar-refractivity contribution in [3.05, 3.63) is 0 Å². The van der Waals surface area contributed by atoms with E-state index < -0.39 is 0 Å². The summed E-state index contributed by atoms with van der Waals surface area (Å²) < 4.78 is 6.07. The lowest BCUT2D eigenvalue weighted by atomic mass is 10.0. The smallest absolute Gasteiger partial charge is 0.0731 e. The Balaban J connectivity index is 1.29. The van der Waals surface area contributed by atoms with Gasteiger partial charge in [0.1, 0.15) is 0 Å². The van der Waals surface area contributed by atoms with Gasteiger partial charge in [-0.1, -0.05) is 0 Å². The van der Waals surface area contributed by atoms with Crippen LogP contribution in [0, 0.1) is 5.92 Å². The highest BCUT2D eigenvalue weighted by molar-refractivity contribution is 4.97. The Labute approximate surface area is 116 Å². The Bertz CT molecular complexity index is 315. The molecular formula is C15H27N3O. The first kappa shape index (κ1) is 12.6. The number of hydrogen-bond donors (Lipinski definition) is 2. The lowest BCUT2D eigenvalue weighted by Crippen LogP contribution is -2.47. The van der Waals surface area contributed by atoms with Gasteiger partial charge in [-0.05, 0) is 51.1 Å². The number of rotatable bonds is 3. The summed E-state index contributed by atoms with van der Waals surface area (Å²) in [6.07, 6.45) is 7.24. The number of nitrogens with zero attached hydrogens (tertiary/aromatic N) is 1. The van der Waals surface area contributed by atoms with Crippen LogP contribution in [0.3, 0.4) is 0 Å². The Kier molecular flexibility index (Phi) is 3.52. The van der Waals surface area contributed by atoms with Crippen molar-refractivity contribution in [3.63, 3.8) is 0 Å². The summed E-state index contributed by atoms with van der Waals surface area (Å²) in [5, 5.41) is 7.34. The average molecular weight is 265 g/mol. The summed E-state index contributed by atoms with van der Waals surface area (Å²) in [7, 11) is 0. The Morgan fingerprint density at radius 1 is 1.00 bits per heavy atom. The number of ether oxygens (including phenoxy) is 1. The van der Waals surface area contributed by atoms with E-state index in [0.29, 0.717) is 18.2 Å². The van der Waals surface area contributed by atoms with Crippen LogP contribution >= 0.6 is 0 Å². The van der Waals surface area contributed by atoms with Crippen LogP contribution in [0.15, 0.2) is 0 Å². The topological polar surface area (TPSA) is 36.5 Å². The fraction of sp³-hybridized carbons (Fsp3) is 1.00. The summed E-state index contributed by atoms with van der Waals surface area (Å²) >= 11 is 0. The predicted octanol–water partition coefficient (Wildman–Crippen LogP) is 0.580. The molecular weight excluding hydrogens is 238 g/mol. The molecule has 0 amide bonds. The van der Waals surface area contributed by atoms with Gasteiger partial charge in [0, 0.05) is 31.2 Å². The zero-order valence-electron chi connectivity index (χ0n) is 11.8. The molecule has 1 aliphatic carbocycles. The maximum atomic E-state index is 6.07. The van der Waals surface area contributed by atoms with Gasteiger partial charge in [-0.3, -0.25) is 4.90 Å². The van der Waals surface area contributed by atoms with Gasteiger partial charge in [0.2, 0.25) is 0 Å². The van der Waals surface area contributed by atoms with Crippen LogP contribution in [0.1, 0.15) is 32.1 Å². The first-order valence-corrected chi connectivity index (χ1v) is 8.21. The largest absolute Gasteiger partial charge is 0.375 e. The number of fused-ring (bicyclic) bond motifs is 1. The standard InChI is InChI=1S/C15H27N3O/c1-2-11(1)15-9-18-8-13(7-14(18)10-19-15)17-12-3-5-16-6-4-12/h11-17H,1-10H2/t13-,14-,15-/m0/s1. The number of hydrogen-bond acceptors (Lipinski definition) is 4. The van der Waals surface area contributed by atoms with Crippen LogP contribution in [0.25, 0.3) is 0 Å². The van der Waals surface area contributed by atoms with Gasteiger partial charge in [0.25, 0.3) is 0 Å². The Morgan fingerprint density at radius 2 is 1.84 bits per heavy atom. The fourth-order valence-corrected chi connectivity index (χ4v) is 4.10. The molecule has 1 saturated carbocycles. The SMILES string of the molecule is C1CC(N[C@H]2C[C@H]3CO[C@H](C4CC4)CN3C2)CCN1. The molecule has 3 atom stereocenters. The molecule has 19 heavy (non-hydrogen) atoms. The Hall–Kier alpha value is -0.160. The highest BCUT2D eigenvalue weighted by atomic mass is 16.5. The van der Waals surface area contributed by atoms with Crippen molar-refractivity contribution in [2.45, 2.75) is 56.3 Å². The minimum Gasteiger partial charge on any atom is -0.375 e. The number of piperidine rings is 1. The third kappa shape index (κ3) is 2.82. The molecule has 3 aliphatic heterocycles. The molecule has 4 nitrogen and oxygen atoms in total. The molecule has 0 aromatic carbocycles. The van der Waals surface area contributed by atoms with E-state index >= 15 is 0 Å². The molecule has 4 aliphatic rings. The van der Waals surface area contributed by atoms with Crippen LogP contribution in [-0.2, 0) is 4.74 Å². The van der Waals surface area contributed by atoms with Crippen LogP contribution in [0.2, 0.25) is 0 Å². The van der Waals surface area contributed by atoms with E-state index in [1.165, 1.54) is 58.3 Å². The quantitative estimate of drug-likeness (QED) is 0.783. The maximum absolute atomic E-state index is 6.07. The van der Waals surface area contributed by atoms with Gasteiger partial charge in [-0.2, -0.15) is 0 Å². The van der Waals surface area contributed by atoms with E-state index in [-0.39, 0.29) is 0 Å². The third-order valence-electron chi connectivity index (χ3n) is 5.40. The van der Waals surface area contributed by atoms with E-state index in [0.717, 1.165) is 18.6 Å². The molecule has 4 rings (SSSR count). The van der Waals surface area contributed by atoms with E-state index in [1.807, 2.05) is 0 Å². The molecule has 4 fully saturated rings. The zero-order chi connectivity index (χ0) is 12.7. The minimum absolute atomic E-state index is 0.550. The summed E-state index contributed by atoms with van der Waals surface area (Å²) in [6, 6.07) is 2.14. The van der Waals surface area contributed by atoms with Crippen LogP contribution in [0.4, 0.5) is 0 Å². The summed E-state index contributed by atoms with van der Waals surface area (Å²) in [5.74, 6) is 0.886. The molecule has 108 valence electrons. The highest BCUT2D eigenvalue weighted by Gasteiger charge is 2.42. The lowest BCUT2D eigenvalue weighted by molar-refractivity contribution is -0.0581. The number of morpholine rings is 1. The van der Waals surface area contributed by atoms with Gasteiger partial charge >= 0.3 is 0 Å². The summed E-state index contributed by atoms with van der Waals surface area (Å²) in [5.41, 5.74) is 0. The predicted molar refractivity (Wildman–Crippen MR) is 75.3 cm³/mol. The average Bonchev–Trinajstić information content (AvgIpc) is 3.20. The second-order valence-corrected chi connectivity index (χ2v) is 6.94. The van der Waals surface area contributed by atoms with Crippen molar-refractivity contribution in [2.75, 3.05) is 32.8 Å². The van der Waals surface area contributed by atoms with Crippen LogP contribution < -0.4 is 10.6 Å². The van der Waals surface area contributed by atoms with Crippen molar-refractivity contribution >= 4 is 0 Å². The van der Waals surface area contributed by atoms with E-state index in [4.69, 9.17) is 4.74 Å². The van der Waals surface area contributed by atoms with Gasteiger partial charge < -0.3 is 15.4 Å². The first-order chi connectivity index (χ1) is 9.38. The number of nitrogens with one attached hydrogen (secondary N) is 2. The molecule has 0 bridgehead atoms. The van der Waals surface area contributed by atoms with Crippen molar-refractivity contribution < 1.29 is 4.74 Å². The van der Waals surface area contributed by atoms with Gasteiger partial charge in [0.05, 0.1) is 12.7 Å². The van der Waals surface area contributed by atoms with Crippen LogP contribution in [0.5, 0.6) is 0 Å². The van der Waals surface area contributed by atoms with Crippen LogP contribution in [-0.4, -0.2) is 61.9 Å². The van der Waals surface area contributed by atoms with Gasteiger partial charge in [-0.25, -0.2) is 0 Å². The fourth-order valence-electron chi connectivity index (χ4n) is 4.10. The minimum atomic E-state index is 0.550. The molecule has 4 heteroatoms. The van der Waals surface area contributed by atoms with Crippen molar-refractivity contribution in [3.8, 4) is 0 Å². The molecule has 2 N–H and O–H groups in total. The second-order valence-electron chi connectivity index (χ2n) is 6.94. The monoisotopic (exact) mass is 265 g/mol.